The molecule has 19 atom stereocenters. The SMILES string of the molecule is C=C(C)[C@@H]1CC[C@]2(CO)CC[C@]3(C)[C@H](CC[C@@H]4[C@@]5(C)CCC(=O)C(C)(C)[C@@H]5CC[C@]43C)[C@@H]12.C=C(C)[C@@H]1CC[C@]2(CO)CC[C@]3(C)[C@H](CC[C@@H]4[C@@]5(C)CCC(NCCc6ccc(O)cc6)C(C)(C)[C@@H]5CC[C@]43C)[C@@H]12.NCCc1ccc(O)cc1. The minimum Gasteiger partial charge on any atom is -0.508 e. The van der Waals surface area contributed by atoms with Gasteiger partial charge in [0, 0.05) is 31.1 Å². The molecule has 10 aliphatic carbocycles. The number of benzene rings is 2. The van der Waals surface area contributed by atoms with E-state index in [1.165, 1.54) is 138 Å². The molecule has 0 heterocycles. The van der Waals surface area contributed by atoms with Crippen LogP contribution in [0.5, 0.6) is 11.5 Å². The number of nitrogens with one attached hydrogen (secondary N) is 1. The van der Waals surface area contributed by atoms with Crippen molar-refractivity contribution in [3.05, 3.63) is 84.0 Å². The molecule has 12 rings (SSSR count). The highest BCUT2D eigenvalue weighted by molar-refractivity contribution is 5.85. The van der Waals surface area contributed by atoms with Gasteiger partial charge in [-0.3, -0.25) is 4.79 Å². The van der Waals surface area contributed by atoms with E-state index in [1.807, 2.05) is 12.1 Å². The summed E-state index contributed by atoms with van der Waals surface area (Å²) in [6, 6.07) is 15.4. The third-order valence-corrected chi connectivity index (χ3v) is 30.0. The molecule has 2 aromatic carbocycles. The van der Waals surface area contributed by atoms with Crippen molar-refractivity contribution in [3.8, 4) is 11.5 Å². The molecule has 462 valence electrons. The molecule has 10 saturated carbocycles. The average Bonchev–Trinajstić information content (AvgIpc) is 1.54. The van der Waals surface area contributed by atoms with Crippen molar-refractivity contribution in [3.63, 3.8) is 0 Å². The molecule has 7 nitrogen and oxygen atoms in total. The Bertz CT molecular complexity index is 2680. The Morgan fingerprint density at radius 3 is 1.41 bits per heavy atom. The van der Waals surface area contributed by atoms with Crippen molar-refractivity contribution in [2.75, 3.05) is 26.3 Å². The first-order valence-corrected chi connectivity index (χ1v) is 34.1. The number of allylic oxidation sites excluding steroid dienone is 2. The van der Waals surface area contributed by atoms with Crippen LogP contribution in [0.4, 0.5) is 0 Å². The summed E-state index contributed by atoms with van der Waals surface area (Å²) in [6.07, 6.45) is 26.8. The molecule has 10 fully saturated rings. The van der Waals surface area contributed by atoms with E-state index >= 15 is 0 Å². The lowest BCUT2D eigenvalue weighted by atomic mass is 9.32. The summed E-state index contributed by atoms with van der Waals surface area (Å²) in [5, 5.41) is 44.0. The van der Waals surface area contributed by atoms with Crippen molar-refractivity contribution >= 4 is 5.78 Å². The van der Waals surface area contributed by atoms with Crippen LogP contribution in [0.3, 0.4) is 0 Å². The van der Waals surface area contributed by atoms with Gasteiger partial charge in [-0.2, -0.15) is 0 Å². The zero-order chi connectivity index (χ0) is 60.1. The third-order valence-electron chi connectivity index (χ3n) is 30.0. The molecular weight excluding hydrogens is 1020 g/mol. The number of hydrogen-bond acceptors (Lipinski definition) is 7. The molecule has 7 N–H and O–H groups in total. The molecule has 0 radical (unpaired) electrons. The van der Waals surface area contributed by atoms with Gasteiger partial charge in [-0.05, 0) is 305 Å². The number of aliphatic hydroxyl groups excluding tert-OH is 2. The normalized spacial score (nSPS) is 45.1. The van der Waals surface area contributed by atoms with Gasteiger partial charge < -0.3 is 31.5 Å². The fourth-order valence-electron chi connectivity index (χ4n) is 25.2. The monoisotopic (exact) mass is 1140 g/mol. The quantitative estimate of drug-likeness (QED) is 0.130. The number of rotatable bonds is 10. The van der Waals surface area contributed by atoms with Crippen molar-refractivity contribution in [2.45, 2.75) is 230 Å². The fourth-order valence-corrected chi connectivity index (χ4v) is 25.2. The lowest BCUT2D eigenvalue weighted by Crippen LogP contribution is -2.67. The predicted octanol–water partition coefficient (Wildman–Crippen LogP) is 16.6. The number of phenols is 2. The topological polar surface area (TPSA) is 136 Å². The van der Waals surface area contributed by atoms with Gasteiger partial charge in [0.2, 0.25) is 0 Å². The van der Waals surface area contributed by atoms with Gasteiger partial charge in [-0.1, -0.05) is 118 Å². The largest absolute Gasteiger partial charge is 0.508 e. The highest BCUT2D eigenvalue weighted by atomic mass is 16.3. The summed E-state index contributed by atoms with van der Waals surface area (Å²) in [7, 11) is 0. The Hall–Kier alpha value is -2.97. The molecule has 0 saturated heterocycles. The molecular formula is C76H118N2O5. The molecule has 10 aliphatic rings. The lowest BCUT2D eigenvalue weighted by molar-refractivity contribution is -0.241. The van der Waals surface area contributed by atoms with Crippen molar-refractivity contribution in [2.24, 2.45) is 119 Å². The minimum atomic E-state index is -0.165. The summed E-state index contributed by atoms with van der Waals surface area (Å²) in [4.78, 5) is 12.9. The zero-order valence-electron chi connectivity index (χ0n) is 54.5. The van der Waals surface area contributed by atoms with Crippen molar-refractivity contribution in [1.82, 2.24) is 5.32 Å². The Labute approximate surface area is 505 Å². The number of carbonyl (C=O) groups is 1. The van der Waals surface area contributed by atoms with Gasteiger partial charge in [0.1, 0.15) is 17.3 Å². The number of phenolic OH excluding ortho intramolecular Hbond substituents is 2. The van der Waals surface area contributed by atoms with E-state index in [2.05, 4.69) is 114 Å². The number of fused-ring (bicyclic) bond motifs is 14. The third kappa shape index (κ3) is 9.86. The Morgan fingerprint density at radius 2 is 0.964 bits per heavy atom. The minimum absolute atomic E-state index is 0.136. The molecule has 0 spiro atoms. The van der Waals surface area contributed by atoms with Crippen molar-refractivity contribution < 1.29 is 25.2 Å². The van der Waals surface area contributed by atoms with Gasteiger partial charge in [0.25, 0.3) is 0 Å². The van der Waals surface area contributed by atoms with E-state index < -0.39 is 0 Å². The van der Waals surface area contributed by atoms with Gasteiger partial charge in [0.15, 0.2) is 0 Å². The summed E-state index contributed by atoms with van der Waals surface area (Å²) >= 11 is 0. The second kappa shape index (κ2) is 22.6. The number of ketones is 1. The Morgan fingerprint density at radius 1 is 0.518 bits per heavy atom. The molecule has 0 aromatic heterocycles. The van der Waals surface area contributed by atoms with Gasteiger partial charge in [0.05, 0.1) is 0 Å². The van der Waals surface area contributed by atoms with Crippen molar-refractivity contribution in [1.29, 1.82) is 0 Å². The Kier molecular flexibility index (Phi) is 17.1. The molecule has 7 heteroatoms. The smallest absolute Gasteiger partial charge is 0.138 e. The highest BCUT2D eigenvalue weighted by Gasteiger charge is 2.73. The van der Waals surface area contributed by atoms with Crippen LogP contribution in [0, 0.1) is 113 Å². The van der Waals surface area contributed by atoms with Gasteiger partial charge in [-0.25, -0.2) is 0 Å². The number of aliphatic hydroxyl groups is 2. The van der Waals surface area contributed by atoms with E-state index in [9.17, 15) is 20.1 Å². The van der Waals surface area contributed by atoms with Crippen LogP contribution in [0.2, 0.25) is 0 Å². The first kappa shape index (κ1) is 63.1. The van der Waals surface area contributed by atoms with E-state index in [0.29, 0.717) is 112 Å². The molecule has 0 aliphatic heterocycles. The molecule has 1 unspecified atom stereocenters. The van der Waals surface area contributed by atoms with Gasteiger partial charge >= 0.3 is 0 Å². The van der Waals surface area contributed by atoms with Crippen LogP contribution in [0.15, 0.2) is 72.8 Å². The summed E-state index contributed by atoms with van der Waals surface area (Å²) in [5.41, 5.74) is 13.0. The fraction of sp³-hybridized carbons (Fsp3) is 0.776. The van der Waals surface area contributed by atoms with Gasteiger partial charge in [-0.15, -0.1) is 0 Å². The number of aromatic hydroxyl groups is 2. The van der Waals surface area contributed by atoms with Crippen LogP contribution >= 0.6 is 0 Å². The average molecular weight is 1140 g/mol. The summed E-state index contributed by atoms with van der Waals surface area (Å²) < 4.78 is 0. The van der Waals surface area contributed by atoms with Crippen LogP contribution in [0.25, 0.3) is 0 Å². The van der Waals surface area contributed by atoms with E-state index in [-0.39, 0.29) is 27.1 Å². The lowest BCUT2D eigenvalue weighted by Gasteiger charge is -2.73. The molecule has 83 heavy (non-hydrogen) atoms. The highest BCUT2D eigenvalue weighted by Crippen LogP contribution is 2.79. The number of carbonyl (C=O) groups excluding carboxylic acids is 1. The van der Waals surface area contributed by atoms with E-state index in [4.69, 9.17) is 10.8 Å². The van der Waals surface area contributed by atoms with Crippen LogP contribution < -0.4 is 11.1 Å². The molecule has 0 amide bonds. The van der Waals surface area contributed by atoms with Crippen LogP contribution in [0.1, 0.15) is 223 Å². The maximum absolute atomic E-state index is 12.9. The first-order valence-electron chi connectivity index (χ1n) is 34.1. The standard InChI is InChI=1S/C38H59NO2.C30H48O2.C8H11NO/c1-25(2)28-14-20-38(24-40)22-21-36(6)29(33(28)38)12-13-31-35(5)18-16-32(34(3,4)30(35)15-19-37(31,36)7)39-23-17-26-8-10-27(41)11-9-26;1-19(2)20-10-15-30(18-31)17-16-28(6)21(25(20)30)8-9-23-27(5)13-12-24(32)26(3,4)22(27)11-14-29(23,28)7;9-6-5-7-1-3-8(10)4-2-7/h8-11,28-33,39-41H,1,12-24H2,2-7H3;20-23,25,31H,1,8-18H2,2-7H3;1-4,10H,5-6,9H2/t28-,29+,30-,31+,32?,33+,35-,36+,37+,38+;20-,21+,22-,23+,25+,27-,28+,29+,30+;/m00./s1. The maximum atomic E-state index is 12.9. The number of nitrogens with two attached hydrogens (primary N) is 1. The van der Waals surface area contributed by atoms with E-state index in [1.54, 1.807) is 24.3 Å². The second-order valence-corrected chi connectivity index (χ2v) is 33.5. The number of Topliss-reactive ketones (excluding diaryl/α,β-unsaturated/α-hetero) is 1. The molecule has 0 bridgehead atoms. The first-order chi connectivity index (χ1) is 39.0. The zero-order valence-corrected chi connectivity index (χ0v) is 54.5. The summed E-state index contributed by atoms with van der Waals surface area (Å²) in [6.45, 7) is 41.5. The summed E-state index contributed by atoms with van der Waals surface area (Å²) in [5.74, 6) is 7.79. The van der Waals surface area contributed by atoms with Crippen LogP contribution in [-0.2, 0) is 17.6 Å². The van der Waals surface area contributed by atoms with E-state index in [0.717, 1.165) is 50.0 Å². The second-order valence-electron chi connectivity index (χ2n) is 33.5. The predicted molar refractivity (Wildman–Crippen MR) is 342 cm³/mol. The maximum Gasteiger partial charge on any atom is 0.138 e. The number of hydrogen-bond donors (Lipinski definition) is 6. The van der Waals surface area contributed by atoms with Crippen LogP contribution in [-0.4, -0.2) is 58.6 Å². The molecule has 2 aromatic rings. The Balaban J connectivity index is 0.000000162.